The van der Waals surface area contributed by atoms with Crippen LogP contribution in [0.2, 0.25) is 0 Å². The lowest BCUT2D eigenvalue weighted by Gasteiger charge is -2.15. The van der Waals surface area contributed by atoms with Crippen LogP contribution in [0.4, 0.5) is 0 Å². The highest BCUT2D eigenvalue weighted by molar-refractivity contribution is 7.71. The zero-order chi connectivity index (χ0) is 14.1. The predicted molar refractivity (Wildman–Crippen MR) is 86.3 cm³/mol. The van der Waals surface area contributed by atoms with Crippen molar-refractivity contribution in [3.05, 3.63) is 26.1 Å². The lowest BCUT2D eigenvalue weighted by molar-refractivity contribution is 0.319. The third kappa shape index (κ3) is 2.60. The van der Waals surface area contributed by atoms with Crippen LogP contribution in [-0.4, -0.2) is 34.1 Å². The Kier molecular flexibility index (Phi) is 4.05. The number of hydrogen-bond acceptors (Lipinski definition) is 4. The zero-order valence-corrected chi connectivity index (χ0v) is 13.3. The van der Waals surface area contributed by atoms with Gasteiger partial charge in [0.15, 0.2) is 4.77 Å². The van der Waals surface area contributed by atoms with Crippen molar-refractivity contribution in [2.75, 3.05) is 19.6 Å². The average molecular weight is 309 g/mol. The summed E-state index contributed by atoms with van der Waals surface area (Å²) in [7, 11) is 0. The molecule has 0 saturated carbocycles. The summed E-state index contributed by atoms with van der Waals surface area (Å²) in [5.74, 6) is 0. The van der Waals surface area contributed by atoms with Crippen LogP contribution in [0.5, 0.6) is 0 Å². The number of aromatic nitrogens is 2. The fourth-order valence-corrected chi connectivity index (χ4v) is 4.05. The van der Waals surface area contributed by atoms with E-state index < -0.39 is 0 Å². The molecule has 3 rings (SSSR count). The first-order chi connectivity index (χ1) is 9.69. The van der Waals surface area contributed by atoms with Gasteiger partial charge in [0.1, 0.15) is 4.83 Å². The molecule has 108 valence electrons. The highest BCUT2D eigenvalue weighted by atomic mass is 32.1. The molecule has 1 saturated heterocycles. The van der Waals surface area contributed by atoms with Crippen molar-refractivity contribution in [2.24, 2.45) is 0 Å². The van der Waals surface area contributed by atoms with Crippen molar-refractivity contribution >= 4 is 33.8 Å². The van der Waals surface area contributed by atoms with E-state index >= 15 is 0 Å². The third-order valence-corrected chi connectivity index (χ3v) is 5.43. The van der Waals surface area contributed by atoms with E-state index in [0.717, 1.165) is 36.3 Å². The standard InChI is InChI=1S/C14H19N3OS2/c1-2-10-9-11-12(20-10)15-14(19)17(13(11)18)8-7-16-5-3-4-6-16/h9H,2-8H2,1H3,(H,15,19). The van der Waals surface area contributed by atoms with Crippen molar-refractivity contribution in [3.63, 3.8) is 0 Å². The SMILES string of the molecule is CCc1cc2c(=O)n(CCN3CCCC3)c(=S)[nH]c2s1. The van der Waals surface area contributed by atoms with Crippen LogP contribution in [0.15, 0.2) is 10.9 Å². The Labute approximate surface area is 127 Å². The van der Waals surface area contributed by atoms with E-state index in [4.69, 9.17) is 12.2 Å². The van der Waals surface area contributed by atoms with E-state index in [1.165, 1.54) is 17.7 Å². The number of thiophene rings is 1. The topological polar surface area (TPSA) is 41.0 Å². The molecule has 20 heavy (non-hydrogen) atoms. The van der Waals surface area contributed by atoms with Gasteiger partial charge in [-0.15, -0.1) is 11.3 Å². The van der Waals surface area contributed by atoms with Gasteiger partial charge in [-0.1, -0.05) is 6.92 Å². The first-order valence-corrected chi connectivity index (χ1v) is 8.39. The maximum atomic E-state index is 12.5. The predicted octanol–water partition coefficient (Wildman–Crippen LogP) is 2.78. The monoisotopic (exact) mass is 309 g/mol. The molecule has 0 radical (unpaired) electrons. The summed E-state index contributed by atoms with van der Waals surface area (Å²) in [5.41, 5.74) is 0.0545. The molecule has 6 heteroatoms. The number of aromatic amines is 1. The summed E-state index contributed by atoms with van der Waals surface area (Å²) >= 11 is 6.98. The van der Waals surface area contributed by atoms with Gasteiger partial charge in [0.2, 0.25) is 0 Å². The van der Waals surface area contributed by atoms with Crippen LogP contribution >= 0.6 is 23.6 Å². The highest BCUT2D eigenvalue weighted by Gasteiger charge is 2.13. The third-order valence-electron chi connectivity index (χ3n) is 3.91. The van der Waals surface area contributed by atoms with Crippen molar-refractivity contribution < 1.29 is 0 Å². The van der Waals surface area contributed by atoms with E-state index in [0.29, 0.717) is 11.3 Å². The largest absolute Gasteiger partial charge is 0.323 e. The number of fused-ring (bicyclic) bond motifs is 1. The van der Waals surface area contributed by atoms with Gasteiger partial charge in [-0.25, -0.2) is 0 Å². The van der Waals surface area contributed by atoms with Gasteiger partial charge in [0, 0.05) is 18.0 Å². The van der Waals surface area contributed by atoms with E-state index in [-0.39, 0.29) is 5.56 Å². The molecule has 0 unspecified atom stereocenters. The smallest absolute Gasteiger partial charge is 0.263 e. The van der Waals surface area contributed by atoms with Crippen LogP contribution in [0, 0.1) is 4.77 Å². The number of rotatable bonds is 4. The van der Waals surface area contributed by atoms with Gasteiger partial charge in [0.05, 0.1) is 5.39 Å². The van der Waals surface area contributed by atoms with Gasteiger partial charge in [-0.05, 0) is 50.6 Å². The van der Waals surface area contributed by atoms with Gasteiger partial charge in [-0.2, -0.15) is 0 Å². The van der Waals surface area contributed by atoms with E-state index in [1.807, 2.05) is 6.07 Å². The van der Waals surface area contributed by atoms with Gasteiger partial charge in [0.25, 0.3) is 5.56 Å². The second-order valence-corrected chi connectivity index (χ2v) is 6.77. The maximum absolute atomic E-state index is 12.5. The van der Waals surface area contributed by atoms with Crippen molar-refractivity contribution in [3.8, 4) is 0 Å². The summed E-state index contributed by atoms with van der Waals surface area (Å²) in [6.07, 6.45) is 3.49. The van der Waals surface area contributed by atoms with Crippen molar-refractivity contribution in [1.82, 2.24) is 14.5 Å². The number of aryl methyl sites for hydroxylation is 1. The molecule has 0 spiro atoms. The molecule has 1 N–H and O–H groups in total. The number of likely N-dealkylation sites (tertiary alicyclic amines) is 1. The van der Waals surface area contributed by atoms with E-state index in [9.17, 15) is 4.79 Å². The molecule has 0 amide bonds. The molecule has 4 nitrogen and oxygen atoms in total. The molecule has 0 aromatic carbocycles. The second kappa shape index (κ2) is 5.79. The molecule has 1 aliphatic heterocycles. The molecule has 2 aromatic rings. The fourth-order valence-electron chi connectivity index (χ4n) is 2.72. The molecule has 1 fully saturated rings. The summed E-state index contributed by atoms with van der Waals surface area (Å²) in [4.78, 5) is 20.3. The summed E-state index contributed by atoms with van der Waals surface area (Å²) in [5, 5.41) is 0.780. The molecule has 3 heterocycles. The zero-order valence-electron chi connectivity index (χ0n) is 11.6. The first-order valence-electron chi connectivity index (χ1n) is 7.17. The van der Waals surface area contributed by atoms with Crippen LogP contribution in [-0.2, 0) is 13.0 Å². The molecular formula is C14H19N3OS2. The second-order valence-electron chi connectivity index (χ2n) is 5.24. The van der Waals surface area contributed by atoms with Crippen molar-refractivity contribution in [1.29, 1.82) is 0 Å². The van der Waals surface area contributed by atoms with Gasteiger partial charge in [-0.3, -0.25) is 9.36 Å². The van der Waals surface area contributed by atoms with Crippen LogP contribution < -0.4 is 5.56 Å². The van der Waals surface area contributed by atoms with Crippen molar-refractivity contribution in [2.45, 2.75) is 32.7 Å². The van der Waals surface area contributed by atoms with Gasteiger partial charge < -0.3 is 9.88 Å². The molecular weight excluding hydrogens is 290 g/mol. The van der Waals surface area contributed by atoms with Crippen LogP contribution in [0.3, 0.4) is 0 Å². The Bertz CT molecular complexity index is 722. The number of hydrogen-bond donors (Lipinski definition) is 1. The highest BCUT2D eigenvalue weighted by Crippen LogP contribution is 2.21. The number of nitrogens with one attached hydrogen (secondary N) is 1. The lowest BCUT2D eigenvalue weighted by Crippen LogP contribution is -2.30. The number of nitrogens with zero attached hydrogens (tertiary/aromatic N) is 2. The van der Waals surface area contributed by atoms with Crippen LogP contribution in [0.25, 0.3) is 10.2 Å². The van der Waals surface area contributed by atoms with E-state index in [2.05, 4.69) is 16.8 Å². The maximum Gasteiger partial charge on any atom is 0.263 e. The molecule has 0 bridgehead atoms. The molecule has 1 aliphatic rings. The lowest BCUT2D eigenvalue weighted by atomic mass is 10.3. The quantitative estimate of drug-likeness (QED) is 0.883. The Morgan fingerprint density at radius 1 is 1.35 bits per heavy atom. The number of H-pyrrole nitrogens is 1. The Morgan fingerprint density at radius 3 is 2.80 bits per heavy atom. The average Bonchev–Trinajstić information content (AvgIpc) is 3.07. The Hall–Kier alpha value is -0.980. The van der Waals surface area contributed by atoms with Crippen LogP contribution in [0.1, 0.15) is 24.6 Å². The molecule has 0 atom stereocenters. The Morgan fingerprint density at radius 2 is 2.10 bits per heavy atom. The van der Waals surface area contributed by atoms with E-state index in [1.54, 1.807) is 15.9 Å². The minimum absolute atomic E-state index is 0.0545. The summed E-state index contributed by atoms with van der Waals surface area (Å²) < 4.78 is 2.26. The first kappa shape index (κ1) is 14.0. The molecule has 0 aliphatic carbocycles. The minimum atomic E-state index is 0.0545. The fraction of sp³-hybridized carbons (Fsp3) is 0.571. The Balaban J connectivity index is 1.93. The van der Waals surface area contributed by atoms with Gasteiger partial charge >= 0.3 is 0 Å². The summed E-state index contributed by atoms with van der Waals surface area (Å²) in [6.45, 7) is 5.98. The minimum Gasteiger partial charge on any atom is -0.323 e. The summed E-state index contributed by atoms with van der Waals surface area (Å²) in [6, 6.07) is 2.00. The normalized spacial score (nSPS) is 16.2. The molecule has 2 aromatic heterocycles.